The molecule has 23 heavy (non-hydrogen) atoms. The fourth-order valence-corrected chi connectivity index (χ4v) is 2.37. The Bertz CT molecular complexity index is 785. The number of aliphatic hydroxyl groups excluding tert-OH is 1. The number of aromatic nitrogens is 2. The molecule has 6 heteroatoms. The molecule has 0 atom stereocenters. The van der Waals surface area contributed by atoms with E-state index in [1.807, 2.05) is 53.2 Å². The van der Waals surface area contributed by atoms with Crippen LogP contribution >= 0.6 is 0 Å². The van der Waals surface area contributed by atoms with Crippen molar-refractivity contribution in [3.8, 4) is 0 Å². The predicted molar refractivity (Wildman–Crippen MR) is 88.1 cm³/mol. The average molecular weight is 310 g/mol. The van der Waals surface area contributed by atoms with Gasteiger partial charge in [0.15, 0.2) is 0 Å². The van der Waals surface area contributed by atoms with Crippen LogP contribution in [-0.2, 0) is 6.54 Å². The van der Waals surface area contributed by atoms with Crippen molar-refractivity contribution in [2.75, 3.05) is 18.5 Å². The van der Waals surface area contributed by atoms with Crippen LogP contribution in [0.5, 0.6) is 0 Å². The molecule has 0 saturated carbocycles. The van der Waals surface area contributed by atoms with E-state index in [0.29, 0.717) is 12.2 Å². The molecule has 3 aromatic rings. The number of urea groups is 1. The quantitative estimate of drug-likeness (QED) is 0.760. The Kier molecular flexibility index (Phi) is 4.54. The summed E-state index contributed by atoms with van der Waals surface area (Å²) in [5.41, 5.74) is 2.45. The molecule has 0 bridgehead atoms. The molecule has 0 aliphatic carbocycles. The number of pyridine rings is 1. The number of nitrogens with zero attached hydrogens (tertiary/aromatic N) is 3. The maximum Gasteiger partial charge on any atom is 0.322 e. The fraction of sp³-hybridized carbons (Fsp3) is 0.176. The van der Waals surface area contributed by atoms with E-state index in [1.165, 1.54) is 0 Å². The van der Waals surface area contributed by atoms with Gasteiger partial charge >= 0.3 is 6.03 Å². The zero-order valence-corrected chi connectivity index (χ0v) is 12.6. The smallest absolute Gasteiger partial charge is 0.322 e. The van der Waals surface area contributed by atoms with E-state index in [2.05, 4.69) is 10.3 Å². The highest BCUT2D eigenvalue weighted by molar-refractivity contribution is 5.89. The maximum atomic E-state index is 12.5. The summed E-state index contributed by atoms with van der Waals surface area (Å²) in [7, 11) is 0. The molecule has 3 rings (SSSR count). The molecule has 2 N–H and O–H groups in total. The minimum atomic E-state index is -0.251. The number of amides is 2. The number of rotatable bonds is 5. The standard InChI is InChI=1S/C17H18N4O2/c22-11-10-21(13-14-4-2-1-3-5-14)17(23)19-15-6-8-20-9-7-18-16(20)12-15/h1-9,12,22H,10-11,13H2,(H,19,23). The lowest BCUT2D eigenvalue weighted by Gasteiger charge is -2.22. The number of anilines is 1. The van der Waals surface area contributed by atoms with Crippen LogP contribution in [0.1, 0.15) is 5.56 Å². The maximum absolute atomic E-state index is 12.5. The van der Waals surface area contributed by atoms with E-state index >= 15 is 0 Å². The largest absolute Gasteiger partial charge is 0.395 e. The summed E-state index contributed by atoms with van der Waals surface area (Å²) in [6.45, 7) is 0.630. The summed E-state index contributed by atoms with van der Waals surface area (Å²) >= 11 is 0. The van der Waals surface area contributed by atoms with E-state index in [9.17, 15) is 9.90 Å². The summed E-state index contributed by atoms with van der Waals surface area (Å²) < 4.78 is 1.87. The van der Waals surface area contributed by atoms with Crippen LogP contribution in [0.3, 0.4) is 0 Å². The van der Waals surface area contributed by atoms with Crippen LogP contribution in [0.15, 0.2) is 61.1 Å². The van der Waals surface area contributed by atoms with Gasteiger partial charge in [-0.05, 0) is 11.6 Å². The van der Waals surface area contributed by atoms with E-state index < -0.39 is 0 Å². The SMILES string of the molecule is O=C(Nc1ccn2ccnc2c1)N(CCO)Cc1ccccc1. The summed E-state index contributed by atoms with van der Waals surface area (Å²) in [4.78, 5) is 18.2. The molecular formula is C17H18N4O2. The van der Waals surface area contributed by atoms with E-state index in [4.69, 9.17) is 0 Å². The van der Waals surface area contributed by atoms with Gasteiger partial charge < -0.3 is 19.7 Å². The van der Waals surface area contributed by atoms with Gasteiger partial charge in [-0.15, -0.1) is 0 Å². The third kappa shape index (κ3) is 3.67. The zero-order chi connectivity index (χ0) is 16.1. The molecule has 0 spiro atoms. The van der Waals surface area contributed by atoms with Crippen molar-refractivity contribution >= 4 is 17.4 Å². The highest BCUT2D eigenvalue weighted by Crippen LogP contribution is 2.12. The van der Waals surface area contributed by atoms with Gasteiger partial charge in [0.25, 0.3) is 0 Å². The van der Waals surface area contributed by atoms with E-state index in [1.54, 1.807) is 17.2 Å². The number of benzene rings is 1. The molecule has 2 heterocycles. The van der Waals surface area contributed by atoms with Crippen LogP contribution in [0.4, 0.5) is 10.5 Å². The molecule has 0 fully saturated rings. The van der Waals surface area contributed by atoms with Crippen molar-refractivity contribution in [2.45, 2.75) is 6.54 Å². The Balaban J connectivity index is 1.72. The normalized spacial score (nSPS) is 10.7. The lowest BCUT2D eigenvalue weighted by molar-refractivity contribution is 0.185. The Labute approximate surface area is 134 Å². The Hall–Kier alpha value is -2.86. The van der Waals surface area contributed by atoms with Gasteiger partial charge in [0.05, 0.1) is 6.61 Å². The second-order valence-electron chi connectivity index (χ2n) is 5.17. The average Bonchev–Trinajstić information content (AvgIpc) is 3.03. The second kappa shape index (κ2) is 6.93. The van der Waals surface area contributed by atoms with E-state index in [0.717, 1.165) is 11.2 Å². The summed E-state index contributed by atoms with van der Waals surface area (Å²) in [5, 5.41) is 12.1. The Morgan fingerprint density at radius 3 is 2.83 bits per heavy atom. The third-order valence-electron chi connectivity index (χ3n) is 3.52. The van der Waals surface area contributed by atoms with Gasteiger partial charge in [0.2, 0.25) is 0 Å². The molecule has 0 saturated heterocycles. The fourth-order valence-electron chi connectivity index (χ4n) is 2.37. The van der Waals surface area contributed by atoms with Crippen LogP contribution in [0.25, 0.3) is 5.65 Å². The number of hydrogen-bond acceptors (Lipinski definition) is 3. The van der Waals surface area contributed by atoms with Crippen molar-refractivity contribution in [3.05, 3.63) is 66.6 Å². The number of nitrogens with one attached hydrogen (secondary N) is 1. The molecule has 0 unspecified atom stereocenters. The van der Waals surface area contributed by atoms with Gasteiger partial charge in [0, 0.05) is 43.4 Å². The second-order valence-corrected chi connectivity index (χ2v) is 5.17. The first-order valence-corrected chi connectivity index (χ1v) is 7.40. The molecule has 1 aromatic carbocycles. The van der Waals surface area contributed by atoms with Crippen molar-refractivity contribution in [3.63, 3.8) is 0 Å². The minimum Gasteiger partial charge on any atom is -0.395 e. The first kappa shape index (κ1) is 15.1. The van der Waals surface area contributed by atoms with Crippen molar-refractivity contribution < 1.29 is 9.90 Å². The number of carbonyl (C=O) groups excluding carboxylic acids is 1. The van der Waals surface area contributed by atoms with Crippen LogP contribution in [-0.4, -0.2) is 38.6 Å². The number of imidazole rings is 1. The van der Waals surface area contributed by atoms with Gasteiger partial charge in [0.1, 0.15) is 5.65 Å². The van der Waals surface area contributed by atoms with Gasteiger partial charge in [-0.2, -0.15) is 0 Å². The van der Waals surface area contributed by atoms with Crippen molar-refractivity contribution in [1.29, 1.82) is 0 Å². The minimum absolute atomic E-state index is 0.0838. The molecule has 2 amide bonds. The number of fused-ring (bicyclic) bond motifs is 1. The highest BCUT2D eigenvalue weighted by Gasteiger charge is 2.14. The van der Waals surface area contributed by atoms with Crippen LogP contribution < -0.4 is 5.32 Å². The molecular weight excluding hydrogens is 292 g/mol. The highest BCUT2D eigenvalue weighted by atomic mass is 16.3. The Morgan fingerprint density at radius 2 is 2.04 bits per heavy atom. The van der Waals surface area contributed by atoms with Crippen LogP contribution in [0.2, 0.25) is 0 Å². The summed E-state index contributed by atoms with van der Waals surface area (Å²) in [5.74, 6) is 0. The number of hydrogen-bond donors (Lipinski definition) is 2. The molecule has 0 aliphatic rings. The topological polar surface area (TPSA) is 69.9 Å². The summed E-state index contributed by atoms with van der Waals surface area (Å²) in [6, 6.07) is 13.1. The lowest BCUT2D eigenvalue weighted by atomic mass is 10.2. The van der Waals surface area contributed by atoms with Gasteiger partial charge in [-0.3, -0.25) is 0 Å². The Morgan fingerprint density at radius 1 is 1.22 bits per heavy atom. The first-order chi connectivity index (χ1) is 11.3. The number of carbonyl (C=O) groups is 1. The molecule has 0 aliphatic heterocycles. The lowest BCUT2D eigenvalue weighted by Crippen LogP contribution is -2.36. The summed E-state index contributed by atoms with van der Waals surface area (Å²) in [6.07, 6.45) is 5.38. The molecule has 0 radical (unpaired) electrons. The predicted octanol–water partition coefficient (Wildman–Crippen LogP) is 2.36. The van der Waals surface area contributed by atoms with Crippen molar-refractivity contribution in [2.24, 2.45) is 0 Å². The third-order valence-corrected chi connectivity index (χ3v) is 3.52. The number of aliphatic hydroxyl groups is 1. The van der Waals surface area contributed by atoms with Crippen LogP contribution in [0, 0.1) is 0 Å². The molecule has 118 valence electrons. The molecule has 2 aromatic heterocycles. The first-order valence-electron chi connectivity index (χ1n) is 7.40. The van der Waals surface area contributed by atoms with Gasteiger partial charge in [-0.25, -0.2) is 9.78 Å². The molecule has 6 nitrogen and oxygen atoms in total. The van der Waals surface area contributed by atoms with Crippen molar-refractivity contribution in [1.82, 2.24) is 14.3 Å². The van der Waals surface area contributed by atoms with Gasteiger partial charge in [-0.1, -0.05) is 30.3 Å². The monoisotopic (exact) mass is 310 g/mol. The van der Waals surface area contributed by atoms with E-state index in [-0.39, 0.29) is 19.2 Å². The zero-order valence-electron chi connectivity index (χ0n) is 12.6.